The molecule has 0 aliphatic rings. The van der Waals surface area contributed by atoms with Crippen molar-refractivity contribution in [3.63, 3.8) is 0 Å². The van der Waals surface area contributed by atoms with Crippen LogP contribution in [0.5, 0.6) is 0 Å². The second-order valence-corrected chi connectivity index (χ2v) is 4.09. The van der Waals surface area contributed by atoms with E-state index < -0.39 is 0 Å². The van der Waals surface area contributed by atoms with Crippen LogP contribution >= 0.6 is 0 Å². The summed E-state index contributed by atoms with van der Waals surface area (Å²) in [7, 11) is 0. The van der Waals surface area contributed by atoms with Gasteiger partial charge in [0.2, 0.25) is 0 Å². The van der Waals surface area contributed by atoms with Crippen LogP contribution in [-0.4, -0.2) is 11.7 Å². The van der Waals surface area contributed by atoms with Gasteiger partial charge in [-0.2, -0.15) is 0 Å². The molecule has 1 heteroatoms. The molecule has 1 N–H and O–H groups in total. The minimum Gasteiger partial charge on any atom is -0.396 e. The van der Waals surface area contributed by atoms with Gasteiger partial charge in [0.05, 0.1) is 0 Å². The van der Waals surface area contributed by atoms with Gasteiger partial charge in [-0.05, 0) is 18.3 Å². The molecule has 0 spiro atoms. The summed E-state index contributed by atoms with van der Waals surface area (Å²) in [6.07, 6.45) is 4.67. The molecule has 0 unspecified atom stereocenters. The molecule has 0 aliphatic heterocycles. The summed E-state index contributed by atoms with van der Waals surface area (Å²) in [5, 5.41) is 8.50. The molecule has 0 heterocycles. The van der Waals surface area contributed by atoms with Gasteiger partial charge in [0.1, 0.15) is 0 Å². The second-order valence-electron chi connectivity index (χ2n) is 4.09. The molecule has 0 bridgehead atoms. The van der Waals surface area contributed by atoms with Crippen LogP contribution in [0.25, 0.3) is 0 Å². The minimum atomic E-state index is 0.351. The van der Waals surface area contributed by atoms with Crippen molar-refractivity contribution in [2.24, 2.45) is 5.41 Å². The molecular weight excluding hydrogens is 148 g/mol. The number of hydrogen-bond donors (Lipinski definition) is 1. The van der Waals surface area contributed by atoms with Crippen LogP contribution in [0.3, 0.4) is 0 Å². The number of unbranched alkanes of at least 4 members (excludes halogenated alkanes) is 2. The smallest absolute Gasteiger partial charge is 0.0431 e. The molecule has 0 radical (unpaired) electrons. The highest BCUT2D eigenvalue weighted by Crippen LogP contribution is 2.21. The topological polar surface area (TPSA) is 20.2 Å². The van der Waals surface area contributed by atoms with E-state index in [-0.39, 0.29) is 0 Å². The Morgan fingerprint density at radius 2 is 1.42 bits per heavy atom. The summed E-state index contributed by atoms with van der Waals surface area (Å²) in [6.45, 7) is 11.1. The zero-order valence-corrected chi connectivity index (χ0v) is 9.48. The van der Waals surface area contributed by atoms with Crippen molar-refractivity contribution in [3.05, 3.63) is 0 Å². The maximum Gasteiger partial charge on any atom is 0.0431 e. The molecule has 0 aliphatic carbocycles. The van der Waals surface area contributed by atoms with Crippen molar-refractivity contribution in [2.45, 2.75) is 60.3 Å². The zero-order valence-electron chi connectivity index (χ0n) is 9.48. The molecule has 0 amide bonds. The molecule has 76 valence electrons. The van der Waals surface area contributed by atoms with Crippen LogP contribution in [-0.2, 0) is 0 Å². The summed E-state index contributed by atoms with van der Waals surface area (Å²) < 4.78 is 0. The summed E-state index contributed by atoms with van der Waals surface area (Å²) in [4.78, 5) is 0. The average molecular weight is 174 g/mol. The van der Waals surface area contributed by atoms with Gasteiger partial charge in [0.25, 0.3) is 0 Å². The quantitative estimate of drug-likeness (QED) is 0.645. The molecule has 0 saturated carbocycles. The monoisotopic (exact) mass is 174 g/mol. The van der Waals surface area contributed by atoms with E-state index in [1.807, 2.05) is 13.8 Å². The molecule has 0 rings (SSSR count). The molecule has 1 nitrogen and oxygen atoms in total. The van der Waals surface area contributed by atoms with Crippen molar-refractivity contribution in [3.8, 4) is 0 Å². The molecule has 0 fully saturated rings. The Labute approximate surface area is 78.2 Å². The lowest BCUT2D eigenvalue weighted by molar-refractivity contribution is 0.275. The van der Waals surface area contributed by atoms with Crippen LogP contribution in [0, 0.1) is 5.41 Å². The Morgan fingerprint density at radius 3 is 1.75 bits per heavy atom. The van der Waals surface area contributed by atoms with Crippen molar-refractivity contribution in [1.29, 1.82) is 0 Å². The second kappa shape index (κ2) is 9.05. The van der Waals surface area contributed by atoms with Gasteiger partial charge in [0.15, 0.2) is 0 Å². The summed E-state index contributed by atoms with van der Waals surface area (Å²) in [6, 6.07) is 0. The highest BCUT2D eigenvalue weighted by atomic mass is 16.2. The van der Waals surface area contributed by atoms with Crippen LogP contribution in [0.15, 0.2) is 0 Å². The number of aliphatic hydroxyl groups excluding tert-OH is 1. The van der Waals surface area contributed by atoms with Gasteiger partial charge in [-0.15, -0.1) is 0 Å². The van der Waals surface area contributed by atoms with E-state index in [4.69, 9.17) is 5.11 Å². The molecule has 0 aromatic heterocycles. The van der Waals surface area contributed by atoms with Crippen LogP contribution < -0.4 is 0 Å². The van der Waals surface area contributed by atoms with Gasteiger partial charge in [-0.3, -0.25) is 0 Å². The Balaban J connectivity index is 0. The largest absolute Gasteiger partial charge is 0.396 e. The maximum absolute atomic E-state index is 8.50. The highest BCUT2D eigenvalue weighted by Gasteiger charge is 2.08. The Hall–Kier alpha value is -0.0400. The third-order valence-electron chi connectivity index (χ3n) is 1.58. The SMILES string of the molecule is CC.CC(C)(C)CCCCCO. The first-order chi connectivity index (χ1) is 5.56. The fourth-order valence-corrected chi connectivity index (χ4v) is 0.944. The van der Waals surface area contributed by atoms with E-state index in [9.17, 15) is 0 Å². The molecule has 0 saturated heterocycles. The van der Waals surface area contributed by atoms with E-state index in [0.717, 1.165) is 6.42 Å². The van der Waals surface area contributed by atoms with E-state index in [2.05, 4.69) is 20.8 Å². The third kappa shape index (κ3) is 16.5. The number of hydrogen-bond acceptors (Lipinski definition) is 1. The summed E-state index contributed by atoms with van der Waals surface area (Å²) >= 11 is 0. The standard InChI is InChI=1S/C9H20O.C2H6/c1-9(2,3)7-5-4-6-8-10;1-2/h10H,4-8H2,1-3H3;1-2H3. The zero-order chi connectivity index (χ0) is 10.0. The fraction of sp³-hybridized carbons (Fsp3) is 1.00. The van der Waals surface area contributed by atoms with Gasteiger partial charge in [0, 0.05) is 6.61 Å². The van der Waals surface area contributed by atoms with E-state index in [0.29, 0.717) is 12.0 Å². The Morgan fingerprint density at radius 1 is 0.917 bits per heavy atom. The van der Waals surface area contributed by atoms with Crippen molar-refractivity contribution >= 4 is 0 Å². The van der Waals surface area contributed by atoms with E-state index in [1.54, 1.807) is 0 Å². The lowest BCUT2D eigenvalue weighted by Crippen LogP contribution is -2.04. The summed E-state index contributed by atoms with van der Waals surface area (Å²) in [5.74, 6) is 0. The van der Waals surface area contributed by atoms with Crippen LogP contribution in [0.4, 0.5) is 0 Å². The van der Waals surface area contributed by atoms with Crippen LogP contribution in [0.1, 0.15) is 60.3 Å². The Kier molecular flexibility index (Phi) is 10.9. The van der Waals surface area contributed by atoms with E-state index >= 15 is 0 Å². The van der Waals surface area contributed by atoms with Gasteiger partial charge in [-0.1, -0.05) is 47.5 Å². The average Bonchev–Trinajstić information content (AvgIpc) is 2.01. The molecule has 12 heavy (non-hydrogen) atoms. The molecule has 0 atom stereocenters. The predicted molar refractivity (Wildman–Crippen MR) is 56.4 cm³/mol. The van der Waals surface area contributed by atoms with Crippen molar-refractivity contribution < 1.29 is 5.11 Å². The van der Waals surface area contributed by atoms with Gasteiger partial charge >= 0.3 is 0 Å². The van der Waals surface area contributed by atoms with Gasteiger partial charge < -0.3 is 5.11 Å². The first kappa shape index (κ1) is 14.5. The normalized spacial score (nSPS) is 10.5. The first-order valence-electron chi connectivity index (χ1n) is 5.17. The molecule has 0 aromatic rings. The van der Waals surface area contributed by atoms with Crippen LogP contribution in [0.2, 0.25) is 0 Å². The maximum atomic E-state index is 8.50. The predicted octanol–water partition coefficient (Wildman–Crippen LogP) is 3.61. The van der Waals surface area contributed by atoms with E-state index in [1.165, 1.54) is 19.3 Å². The fourth-order valence-electron chi connectivity index (χ4n) is 0.944. The van der Waals surface area contributed by atoms with Gasteiger partial charge in [-0.25, -0.2) is 0 Å². The van der Waals surface area contributed by atoms with Crippen molar-refractivity contribution in [2.75, 3.05) is 6.61 Å². The first-order valence-corrected chi connectivity index (χ1v) is 5.17. The molecular formula is C11H26O. The number of aliphatic hydroxyl groups is 1. The lowest BCUT2D eigenvalue weighted by atomic mass is 9.89. The Bertz CT molecular complexity index is 71.6. The molecule has 0 aromatic carbocycles. The number of rotatable bonds is 4. The van der Waals surface area contributed by atoms with Crippen molar-refractivity contribution in [1.82, 2.24) is 0 Å². The lowest BCUT2D eigenvalue weighted by Gasteiger charge is -2.17. The highest BCUT2D eigenvalue weighted by molar-refractivity contribution is 4.60. The minimum absolute atomic E-state index is 0.351. The third-order valence-corrected chi connectivity index (χ3v) is 1.58. The summed E-state index contributed by atoms with van der Waals surface area (Å²) in [5.41, 5.74) is 0.468.